The fourth-order valence-corrected chi connectivity index (χ4v) is 0.244. The van der Waals surface area contributed by atoms with Crippen molar-refractivity contribution in [2.45, 2.75) is 6.82 Å². The van der Waals surface area contributed by atoms with Crippen LogP contribution in [0.1, 0.15) is 0 Å². The Kier molecular flexibility index (Phi) is 5.39. The first-order valence-electron chi connectivity index (χ1n) is 1.13. The highest BCUT2D eigenvalue weighted by atomic mass is 127. The zero-order valence-electron chi connectivity index (χ0n) is 2.77. The van der Waals surface area contributed by atoms with E-state index in [9.17, 15) is 0 Å². The lowest BCUT2D eigenvalue weighted by Crippen LogP contribution is -1.83. The van der Waals surface area contributed by atoms with E-state index in [1.807, 2.05) is 0 Å². The van der Waals surface area contributed by atoms with Crippen LogP contribution >= 0.6 is 23.0 Å². The van der Waals surface area contributed by atoms with Gasteiger partial charge in [-0.2, -0.15) is 3.22 Å². The summed E-state index contributed by atoms with van der Waals surface area (Å²) >= 11 is 1.63. The van der Waals surface area contributed by atoms with E-state index in [1.165, 1.54) is 7.48 Å². The minimum atomic E-state index is 1.45. The smallest absolute Gasteiger partial charge is 0.301 e. The standard InChI is InChI=1S/CH3BIO2/c1-2-4-5-3/h1H3. The zero-order valence-corrected chi connectivity index (χ0v) is 4.93. The third-order valence-electron chi connectivity index (χ3n) is 0.133. The first-order valence-corrected chi connectivity index (χ1v) is 2.01. The van der Waals surface area contributed by atoms with Gasteiger partial charge in [0.25, 0.3) is 0 Å². The fourth-order valence-electron chi connectivity index (χ4n) is 0.0364. The second-order valence-electron chi connectivity index (χ2n) is 0.395. The summed E-state index contributed by atoms with van der Waals surface area (Å²) in [5, 5.41) is 0. The molecule has 0 saturated heterocycles. The largest absolute Gasteiger partial charge is 0.342 e. The summed E-state index contributed by atoms with van der Waals surface area (Å²) in [6, 6.07) is 0. The van der Waals surface area contributed by atoms with Crippen molar-refractivity contribution in [1.82, 2.24) is 0 Å². The molecule has 0 atom stereocenters. The summed E-state index contributed by atoms with van der Waals surface area (Å²) in [5.41, 5.74) is 0. The molecule has 0 aliphatic heterocycles. The Hall–Kier alpha value is 0.715. The van der Waals surface area contributed by atoms with Crippen molar-refractivity contribution >= 4 is 30.5 Å². The molecule has 0 spiro atoms. The van der Waals surface area contributed by atoms with Crippen molar-refractivity contribution in [2.24, 2.45) is 0 Å². The topological polar surface area (TPSA) is 18.5 Å². The maximum Gasteiger partial charge on any atom is 0.342 e. The van der Waals surface area contributed by atoms with Gasteiger partial charge in [-0.25, -0.2) is 0 Å². The highest BCUT2D eigenvalue weighted by Crippen LogP contribution is 1.82. The summed E-state index contributed by atoms with van der Waals surface area (Å²) in [5.74, 6) is 0. The molecular weight excluding hydrogens is 182 g/mol. The van der Waals surface area contributed by atoms with Crippen LogP contribution in [0.15, 0.2) is 0 Å². The third-order valence-corrected chi connectivity index (χ3v) is 0.340. The van der Waals surface area contributed by atoms with Gasteiger partial charge in [0.1, 0.15) is 0 Å². The van der Waals surface area contributed by atoms with Crippen molar-refractivity contribution in [2.75, 3.05) is 0 Å². The fraction of sp³-hybridized carbons (Fsp3) is 1.00. The van der Waals surface area contributed by atoms with E-state index < -0.39 is 0 Å². The number of hydrogen-bond donors (Lipinski definition) is 0. The Morgan fingerprint density at radius 1 is 1.80 bits per heavy atom. The van der Waals surface area contributed by atoms with Crippen LogP contribution in [0.3, 0.4) is 0 Å². The summed E-state index contributed by atoms with van der Waals surface area (Å²) in [6.07, 6.45) is 0. The normalized spacial score (nSPS) is 7.60. The average Bonchev–Trinajstić information content (AvgIpc) is 1.41. The average molecular weight is 185 g/mol. The first-order chi connectivity index (χ1) is 2.41. The van der Waals surface area contributed by atoms with E-state index in [0.29, 0.717) is 0 Å². The Morgan fingerprint density at radius 2 is 2.40 bits per heavy atom. The van der Waals surface area contributed by atoms with Crippen LogP contribution in [-0.2, 0) is 8.02 Å². The predicted octanol–water partition coefficient (Wildman–Crippen LogP) is 0.952. The minimum Gasteiger partial charge on any atom is -0.301 e. The second kappa shape index (κ2) is 4.71. The number of rotatable bonds is 2. The van der Waals surface area contributed by atoms with Gasteiger partial charge in [0, 0.05) is 0 Å². The molecule has 0 heterocycles. The Balaban J connectivity index is 2.19. The molecule has 2 nitrogen and oxygen atoms in total. The van der Waals surface area contributed by atoms with E-state index in [2.05, 4.69) is 8.02 Å². The van der Waals surface area contributed by atoms with Crippen LogP contribution in [0.2, 0.25) is 6.82 Å². The lowest BCUT2D eigenvalue weighted by Gasteiger charge is -1.82. The van der Waals surface area contributed by atoms with Crippen molar-refractivity contribution in [3.63, 3.8) is 0 Å². The Bertz CT molecular complexity index is 17.1. The maximum atomic E-state index is 4.20. The summed E-state index contributed by atoms with van der Waals surface area (Å²) in [7, 11) is 1.45. The Morgan fingerprint density at radius 3 is 2.40 bits per heavy atom. The number of halogens is 1. The molecule has 0 unspecified atom stereocenters. The van der Waals surface area contributed by atoms with Gasteiger partial charge in [-0.15, -0.1) is 0 Å². The predicted molar refractivity (Wildman–Crippen MR) is 27.8 cm³/mol. The molecule has 0 fully saturated rings. The molecule has 0 saturated carbocycles. The lowest BCUT2D eigenvalue weighted by atomic mass is 10.1. The van der Waals surface area contributed by atoms with Crippen LogP contribution in [0, 0.1) is 0 Å². The van der Waals surface area contributed by atoms with Gasteiger partial charge in [-0.3, -0.25) is 0 Å². The van der Waals surface area contributed by atoms with Gasteiger partial charge in [0.2, 0.25) is 0 Å². The summed E-state index contributed by atoms with van der Waals surface area (Å²) in [4.78, 5) is 4.20. The van der Waals surface area contributed by atoms with E-state index in [-0.39, 0.29) is 0 Å². The third kappa shape index (κ3) is 4.71. The highest BCUT2D eigenvalue weighted by Gasteiger charge is 1.72. The number of hydrogen-bond acceptors (Lipinski definition) is 2. The SMILES string of the molecule is C[B]OOI. The molecule has 1 radical (unpaired) electrons. The van der Waals surface area contributed by atoms with Crippen LogP contribution in [0.5, 0.6) is 0 Å². The van der Waals surface area contributed by atoms with Gasteiger partial charge < -0.3 is 4.81 Å². The van der Waals surface area contributed by atoms with Crippen LogP contribution in [0.4, 0.5) is 0 Å². The highest BCUT2D eigenvalue weighted by molar-refractivity contribution is 14.1. The maximum absolute atomic E-state index is 4.20. The van der Waals surface area contributed by atoms with E-state index >= 15 is 0 Å². The zero-order chi connectivity index (χ0) is 4.12. The molecule has 0 aromatic rings. The van der Waals surface area contributed by atoms with E-state index in [4.69, 9.17) is 0 Å². The summed E-state index contributed by atoms with van der Waals surface area (Å²) < 4.78 is 4.11. The van der Waals surface area contributed by atoms with Gasteiger partial charge in [0.05, 0.1) is 0 Å². The van der Waals surface area contributed by atoms with Crippen LogP contribution < -0.4 is 0 Å². The van der Waals surface area contributed by atoms with Crippen molar-refractivity contribution < 1.29 is 8.02 Å². The molecule has 0 aromatic heterocycles. The van der Waals surface area contributed by atoms with Gasteiger partial charge in [-0.1, -0.05) is 6.82 Å². The van der Waals surface area contributed by atoms with Crippen molar-refractivity contribution in [3.8, 4) is 0 Å². The van der Waals surface area contributed by atoms with Gasteiger partial charge >= 0.3 is 7.48 Å². The van der Waals surface area contributed by atoms with Gasteiger partial charge in [0.15, 0.2) is 23.0 Å². The van der Waals surface area contributed by atoms with E-state index in [1.54, 1.807) is 29.8 Å². The monoisotopic (exact) mass is 185 g/mol. The molecule has 0 bridgehead atoms. The van der Waals surface area contributed by atoms with E-state index in [0.717, 1.165) is 0 Å². The molecule has 0 N–H and O–H groups in total. The molecule has 0 amide bonds. The molecule has 4 heteroatoms. The Labute approximate surface area is 45.7 Å². The first kappa shape index (κ1) is 5.71. The van der Waals surface area contributed by atoms with Crippen LogP contribution in [-0.4, -0.2) is 7.48 Å². The molecule has 5 heavy (non-hydrogen) atoms. The summed E-state index contributed by atoms with van der Waals surface area (Å²) in [6.45, 7) is 1.73. The molecular formula is CH3BIO2. The van der Waals surface area contributed by atoms with Gasteiger partial charge in [-0.05, 0) is 0 Å². The molecule has 0 aliphatic carbocycles. The molecule has 0 aromatic carbocycles. The molecule has 29 valence electrons. The second-order valence-corrected chi connectivity index (χ2v) is 0.755. The van der Waals surface area contributed by atoms with Crippen molar-refractivity contribution in [1.29, 1.82) is 0 Å². The van der Waals surface area contributed by atoms with Crippen LogP contribution in [0.25, 0.3) is 0 Å². The van der Waals surface area contributed by atoms with Crippen molar-refractivity contribution in [3.05, 3.63) is 0 Å². The minimum absolute atomic E-state index is 1.45. The lowest BCUT2D eigenvalue weighted by molar-refractivity contribution is -0.0439. The quantitative estimate of drug-likeness (QED) is 0.276. The molecule has 0 aliphatic rings. The molecule has 0 rings (SSSR count).